The first-order valence-corrected chi connectivity index (χ1v) is 9.45. The number of carbonyl (C=O) groups excluding carboxylic acids is 1. The Kier molecular flexibility index (Phi) is 5.47. The smallest absolute Gasteiger partial charge is 0.226 e. The van der Waals surface area contributed by atoms with Gasteiger partial charge in [0, 0.05) is 17.3 Å². The summed E-state index contributed by atoms with van der Waals surface area (Å²) in [5.74, 6) is -0.00786. The van der Waals surface area contributed by atoms with E-state index < -0.39 is 0 Å². The summed E-state index contributed by atoms with van der Waals surface area (Å²) in [5, 5.41) is 4.19. The maximum absolute atomic E-state index is 12.8. The van der Waals surface area contributed by atoms with E-state index in [9.17, 15) is 4.79 Å². The molecule has 26 heavy (non-hydrogen) atoms. The normalized spacial score (nSPS) is 12.0. The summed E-state index contributed by atoms with van der Waals surface area (Å²) in [6.07, 6.45) is 3.91. The number of hydrogen-bond donors (Lipinski definition) is 1. The van der Waals surface area contributed by atoms with E-state index in [0.29, 0.717) is 6.42 Å². The zero-order valence-corrected chi connectivity index (χ0v) is 16.4. The fourth-order valence-corrected chi connectivity index (χ4v) is 3.99. The van der Waals surface area contributed by atoms with Crippen molar-refractivity contribution in [2.24, 2.45) is 0 Å². The average molecular weight is 366 g/mol. The number of aryl methyl sites for hydroxylation is 4. The maximum atomic E-state index is 12.8. The van der Waals surface area contributed by atoms with Gasteiger partial charge in [0.25, 0.3) is 0 Å². The highest BCUT2D eigenvalue weighted by atomic mass is 32.1. The summed E-state index contributed by atoms with van der Waals surface area (Å²) < 4.78 is 0. The molecule has 3 rings (SSSR count). The third-order valence-electron chi connectivity index (χ3n) is 4.39. The van der Waals surface area contributed by atoms with Crippen molar-refractivity contribution in [3.8, 4) is 0 Å². The molecule has 0 unspecified atom stereocenters. The molecular formula is C21H23N3OS. The van der Waals surface area contributed by atoms with E-state index in [1.807, 2.05) is 32.2 Å². The number of hydrogen-bond acceptors (Lipinski definition) is 4. The van der Waals surface area contributed by atoms with Crippen LogP contribution in [0.3, 0.4) is 0 Å². The van der Waals surface area contributed by atoms with Gasteiger partial charge in [0.1, 0.15) is 0 Å². The summed E-state index contributed by atoms with van der Waals surface area (Å²) in [6, 6.07) is 10.00. The molecule has 0 aliphatic heterocycles. The van der Waals surface area contributed by atoms with Gasteiger partial charge in [0.15, 0.2) is 0 Å². The van der Waals surface area contributed by atoms with Gasteiger partial charge in [-0.25, -0.2) is 4.98 Å². The number of thiazole rings is 1. The summed E-state index contributed by atoms with van der Waals surface area (Å²) in [7, 11) is 0. The fourth-order valence-electron chi connectivity index (χ4n) is 3.05. The Morgan fingerprint density at radius 1 is 1.19 bits per heavy atom. The lowest BCUT2D eigenvalue weighted by atomic mass is 9.94. The van der Waals surface area contributed by atoms with Crippen LogP contribution in [-0.4, -0.2) is 15.9 Å². The number of nitrogens with one attached hydrogen (secondary N) is 1. The van der Waals surface area contributed by atoms with Gasteiger partial charge in [-0.15, -0.1) is 11.3 Å². The van der Waals surface area contributed by atoms with E-state index in [2.05, 4.69) is 47.3 Å². The zero-order valence-electron chi connectivity index (χ0n) is 15.5. The topological polar surface area (TPSA) is 54.9 Å². The van der Waals surface area contributed by atoms with Crippen LogP contribution in [0.2, 0.25) is 0 Å². The van der Waals surface area contributed by atoms with Gasteiger partial charge < -0.3 is 5.32 Å². The van der Waals surface area contributed by atoms with Gasteiger partial charge in [0.2, 0.25) is 5.91 Å². The number of carbonyl (C=O) groups is 1. The summed E-state index contributed by atoms with van der Waals surface area (Å²) >= 11 is 1.58. The number of nitrogens with zero attached hydrogens (tertiary/aromatic N) is 2. The quantitative estimate of drug-likeness (QED) is 0.736. The Morgan fingerprint density at radius 3 is 2.65 bits per heavy atom. The Labute approximate surface area is 158 Å². The molecule has 1 N–H and O–H groups in total. The Hall–Kier alpha value is -2.53. The van der Waals surface area contributed by atoms with E-state index >= 15 is 0 Å². The molecule has 0 aliphatic carbocycles. The predicted molar refractivity (Wildman–Crippen MR) is 105 cm³/mol. The molecule has 0 bridgehead atoms. The van der Waals surface area contributed by atoms with E-state index in [1.54, 1.807) is 17.5 Å². The number of amides is 1. The van der Waals surface area contributed by atoms with Crippen LogP contribution in [0.15, 0.2) is 42.7 Å². The van der Waals surface area contributed by atoms with Crippen molar-refractivity contribution < 1.29 is 4.79 Å². The van der Waals surface area contributed by atoms with E-state index in [4.69, 9.17) is 0 Å². The fraction of sp³-hybridized carbons (Fsp3) is 0.286. The lowest BCUT2D eigenvalue weighted by Gasteiger charge is -2.22. The molecule has 0 saturated heterocycles. The van der Waals surface area contributed by atoms with Crippen molar-refractivity contribution >= 4 is 17.2 Å². The molecule has 0 aliphatic rings. The molecule has 0 saturated carbocycles. The molecule has 2 heterocycles. The molecule has 134 valence electrons. The minimum absolute atomic E-state index is 0.00786. The van der Waals surface area contributed by atoms with Crippen LogP contribution in [0.1, 0.15) is 43.9 Å². The summed E-state index contributed by atoms with van der Waals surface area (Å²) in [6.45, 7) is 8.05. The van der Waals surface area contributed by atoms with Crippen LogP contribution >= 0.6 is 11.3 Å². The predicted octanol–water partition coefficient (Wildman–Crippen LogP) is 4.22. The third kappa shape index (κ3) is 4.17. The van der Waals surface area contributed by atoms with Gasteiger partial charge in [-0.05, 0) is 50.5 Å². The van der Waals surface area contributed by atoms with Crippen molar-refractivity contribution in [3.63, 3.8) is 0 Å². The molecule has 0 spiro atoms. The average Bonchev–Trinajstić information content (AvgIpc) is 2.93. The molecule has 1 atom stereocenters. The Balaban J connectivity index is 1.90. The zero-order chi connectivity index (χ0) is 18.7. The molecule has 5 heteroatoms. The van der Waals surface area contributed by atoms with Crippen molar-refractivity contribution in [3.05, 3.63) is 80.6 Å². The van der Waals surface area contributed by atoms with Crippen LogP contribution in [0.4, 0.5) is 0 Å². The lowest BCUT2D eigenvalue weighted by molar-refractivity contribution is -0.120. The van der Waals surface area contributed by atoms with Gasteiger partial charge in [-0.2, -0.15) is 0 Å². The summed E-state index contributed by atoms with van der Waals surface area (Å²) in [4.78, 5) is 22.4. The van der Waals surface area contributed by atoms with Gasteiger partial charge in [0.05, 0.1) is 23.2 Å². The molecule has 0 radical (unpaired) electrons. The lowest BCUT2D eigenvalue weighted by Crippen LogP contribution is -2.31. The van der Waals surface area contributed by atoms with Crippen molar-refractivity contribution in [1.82, 2.24) is 15.3 Å². The van der Waals surface area contributed by atoms with E-state index in [1.165, 1.54) is 5.56 Å². The number of pyridine rings is 1. The SMILES string of the molecule is Cc1ccc(C)c([C@@H](NC(=O)Cc2sc(C)nc2C)c2cccnc2)c1. The second-order valence-corrected chi connectivity index (χ2v) is 7.85. The molecule has 1 aromatic carbocycles. The highest BCUT2D eigenvalue weighted by molar-refractivity contribution is 7.11. The Morgan fingerprint density at radius 2 is 2.00 bits per heavy atom. The molecule has 2 aromatic heterocycles. The van der Waals surface area contributed by atoms with Crippen molar-refractivity contribution in [2.45, 2.75) is 40.2 Å². The molecule has 0 fully saturated rings. The highest BCUT2D eigenvalue weighted by Crippen LogP contribution is 2.26. The third-order valence-corrected chi connectivity index (χ3v) is 5.46. The van der Waals surface area contributed by atoms with Gasteiger partial charge in [-0.3, -0.25) is 9.78 Å². The molecule has 4 nitrogen and oxygen atoms in total. The van der Waals surface area contributed by atoms with Crippen molar-refractivity contribution in [2.75, 3.05) is 0 Å². The van der Waals surface area contributed by atoms with Crippen LogP contribution < -0.4 is 5.32 Å². The second kappa shape index (κ2) is 7.79. The maximum Gasteiger partial charge on any atom is 0.226 e. The number of aromatic nitrogens is 2. The summed E-state index contributed by atoms with van der Waals surface area (Å²) in [5.41, 5.74) is 5.33. The standard InChI is InChI=1S/C21H23N3OS/c1-13-7-8-14(2)18(10-13)21(17-6-5-9-22-12-17)24-20(25)11-19-15(3)23-16(4)26-19/h5-10,12,21H,11H2,1-4H3,(H,24,25)/t21-/m0/s1. The van der Waals surface area contributed by atoms with Crippen LogP contribution in [0, 0.1) is 27.7 Å². The number of rotatable bonds is 5. The van der Waals surface area contributed by atoms with E-state index in [-0.39, 0.29) is 11.9 Å². The van der Waals surface area contributed by atoms with Gasteiger partial charge in [-0.1, -0.05) is 29.8 Å². The van der Waals surface area contributed by atoms with E-state index in [0.717, 1.165) is 32.3 Å². The minimum Gasteiger partial charge on any atom is -0.345 e. The van der Waals surface area contributed by atoms with Crippen molar-refractivity contribution in [1.29, 1.82) is 0 Å². The first kappa shape index (κ1) is 18.3. The molecule has 3 aromatic rings. The first-order valence-electron chi connectivity index (χ1n) is 8.63. The highest BCUT2D eigenvalue weighted by Gasteiger charge is 2.20. The van der Waals surface area contributed by atoms with Crippen LogP contribution in [-0.2, 0) is 11.2 Å². The van der Waals surface area contributed by atoms with Gasteiger partial charge >= 0.3 is 0 Å². The minimum atomic E-state index is -0.217. The molecular weight excluding hydrogens is 342 g/mol. The first-order chi connectivity index (χ1) is 12.4. The Bertz CT molecular complexity index is 918. The van der Waals surface area contributed by atoms with Crippen LogP contribution in [0.25, 0.3) is 0 Å². The number of benzene rings is 1. The largest absolute Gasteiger partial charge is 0.345 e. The second-order valence-electron chi connectivity index (χ2n) is 6.57. The monoisotopic (exact) mass is 365 g/mol. The molecule has 1 amide bonds. The van der Waals surface area contributed by atoms with Crippen LogP contribution in [0.5, 0.6) is 0 Å².